The first-order valence-corrected chi connectivity index (χ1v) is 6.62. The number of rotatable bonds is 2. The molecule has 1 fully saturated rings. The molecule has 1 aliphatic carbocycles. The molecule has 5 nitrogen and oxygen atoms in total. The average Bonchev–Trinajstić information content (AvgIpc) is 3.04. The first kappa shape index (κ1) is 11.5. The molecule has 20 heavy (non-hydrogen) atoms. The topological polar surface area (TPSA) is 59.2 Å². The van der Waals surface area contributed by atoms with E-state index in [9.17, 15) is 0 Å². The second kappa shape index (κ2) is 4.11. The monoisotopic (exact) mass is 269 g/mol. The van der Waals surface area contributed by atoms with E-state index in [1.807, 2.05) is 30.5 Å². The van der Waals surface area contributed by atoms with Gasteiger partial charge in [-0.25, -0.2) is 4.98 Å². The van der Waals surface area contributed by atoms with Crippen LogP contribution in [0.5, 0.6) is 0 Å². The summed E-state index contributed by atoms with van der Waals surface area (Å²) in [6.45, 7) is 2.39. The van der Waals surface area contributed by atoms with Crippen LogP contribution in [-0.2, 0) is 9.47 Å². The molecule has 0 saturated carbocycles. The summed E-state index contributed by atoms with van der Waals surface area (Å²) in [5, 5.41) is 4.55. The molecule has 4 rings (SSSR count). The number of aromatic nitrogens is 2. The van der Waals surface area contributed by atoms with Crippen molar-refractivity contribution < 1.29 is 9.47 Å². The normalized spacial score (nSPS) is 24.9. The Kier molecular flexibility index (Phi) is 2.37. The van der Waals surface area contributed by atoms with Crippen LogP contribution in [0.25, 0.3) is 11.0 Å². The molecule has 2 N–H and O–H groups in total. The molecule has 0 spiro atoms. The van der Waals surface area contributed by atoms with Crippen molar-refractivity contribution >= 4 is 16.7 Å². The number of H-pyrrole nitrogens is 1. The molecule has 0 amide bonds. The number of nitrogens with one attached hydrogen (secondary N) is 2. The number of aromatic amines is 1. The van der Waals surface area contributed by atoms with Gasteiger partial charge in [-0.1, -0.05) is 0 Å². The predicted octanol–water partition coefficient (Wildman–Crippen LogP) is 2.91. The van der Waals surface area contributed by atoms with Gasteiger partial charge in [-0.15, -0.1) is 0 Å². The molecular weight excluding hydrogens is 254 g/mol. The van der Waals surface area contributed by atoms with Gasteiger partial charge in [0.2, 0.25) is 0 Å². The number of hydrogen-bond acceptors (Lipinski definition) is 4. The molecule has 0 bridgehead atoms. The van der Waals surface area contributed by atoms with Crippen LogP contribution in [0.2, 0.25) is 0 Å². The Balaban J connectivity index is 1.66. The van der Waals surface area contributed by atoms with E-state index < -0.39 is 0 Å². The van der Waals surface area contributed by atoms with Gasteiger partial charge in [0.15, 0.2) is 6.79 Å². The van der Waals surface area contributed by atoms with E-state index >= 15 is 0 Å². The Morgan fingerprint density at radius 2 is 2.30 bits per heavy atom. The van der Waals surface area contributed by atoms with Crippen molar-refractivity contribution in [2.75, 3.05) is 12.1 Å². The number of hydrogen-bond donors (Lipinski definition) is 2. The summed E-state index contributed by atoms with van der Waals surface area (Å²) in [5.41, 5.74) is 2.69. The lowest BCUT2D eigenvalue weighted by Crippen LogP contribution is -2.29. The average molecular weight is 269 g/mol. The molecule has 1 saturated heterocycles. The number of anilines is 1. The second-order valence-corrected chi connectivity index (χ2v) is 5.26. The van der Waals surface area contributed by atoms with Crippen LogP contribution < -0.4 is 5.32 Å². The standard InChI is InChI=1S/C15H15N3O2/c1-15-8-10(2-3-13(15)19-9-20-15)18-12-5-7-17-14-11(12)4-6-16-14/h2-7H,8-9H2,1H3,(H2,16,17,18). The fourth-order valence-electron chi connectivity index (χ4n) is 2.74. The predicted molar refractivity (Wildman–Crippen MR) is 75.9 cm³/mol. The third-order valence-electron chi connectivity index (χ3n) is 3.83. The van der Waals surface area contributed by atoms with Crippen LogP contribution in [0.3, 0.4) is 0 Å². The molecule has 2 aromatic rings. The van der Waals surface area contributed by atoms with Gasteiger partial charge in [0.25, 0.3) is 0 Å². The van der Waals surface area contributed by atoms with Crippen molar-refractivity contribution in [3.05, 3.63) is 48.1 Å². The third kappa shape index (κ3) is 1.71. The van der Waals surface area contributed by atoms with Gasteiger partial charge in [-0.3, -0.25) is 0 Å². The summed E-state index contributed by atoms with van der Waals surface area (Å²) < 4.78 is 11.2. The van der Waals surface area contributed by atoms with Crippen molar-refractivity contribution in [2.45, 2.75) is 18.9 Å². The molecule has 1 atom stereocenters. The summed E-state index contributed by atoms with van der Waals surface area (Å²) in [5.74, 6) is 0.907. The maximum absolute atomic E-state index is 5.69. The highest BCUT2D eigenvalue weighted by Crippen LogP contribution is 2.38. The maximum atomic E-state index is 5.69. The molecule has 0 aromatic carbocycles. The zero-order valence-electron chi connectivity index (χ0n) is 11.1. The highest BCUT2D eigenvalue weighted by molar-refractivity contribution is 5.89. The van der Waals surface area contributed by atoms with Gasteiger partial charge in [-0.05, 0) is 31.2 Å². The van der Waals surface area contributed by atoms with E-state index in [-0.39, 0.29) is 5.60 Å². The molecule has 0 radical (unpaired) electrons. The molecule has 1 aliphatic heterocycles. The highest BCUT2D eigenvalue weighted by Gasteiger charge is 2.39. The van der Waals surface area contributed by atoms with Crippen molar-refractivity contribution in [1.82, 2.24) is 9.97 Å². The third-order valence-corrected chi connectivity index (χ3v) is 3.83. The maximum Gasteiger partial charge on any atom is 0.189 e. The number of ether oxygens (including phenoxy) is 2. The van der Waals surface area contributed by atoms with Crippen LogP contribution >= 0.6 is 0 Å². The van der Waals surface area contributed by atoms with Gasteiger partial charge in [-0.2, -0.15) is 0 Å². The van der Waals surface area contributed by atoms with Crippen molar-refractivity contribution in [1.29, 1.82) is 0 Å². The summed E-state index contributed by atoms with van der Waals surface area (Å²) >= 11 is 0. The van der Waals surface area contributed by atoms with E-state index in [0.717, 1.165) is 34.6 Å². The Morgan fingerprint density at radius 3 is 3.25 bits per heavy atom. The molecule has 2 aromatic heterocycles. The van der Waals surface area contributed by atoms with Crippen LogP contribution in [0.1, 0.15) is 13.3 Å². The Hall–Kier alpha value is -2.27. The summed E-state index contributed by atoms with van der Waals surface area (Å²) in [7, 11) is 0. The lowest BCUT2D eigenvalue weighted by Gasteiger charge is -2.27. The molecular formula is C15H15N3O2. The van der Waals surface area contributed by atoms with Gasteiger partial charge in [0.1, 0.15) is 17.0 Å². The van der Waals surface area contributed by atoms with Crippen molar-refractivity contribution in [3.63, 3.8) is 0 Å². The Labute approximate surface area is 116 Å². The lowest BCUT2D eigenvalue weighted by atomic mass is 9.93. The minimum Gasteiger partial charge on any atom is -0.469 e. The van der Waals surface area contributed by atoms with Gasteiger partial charge >= 0.3 is 0 Å². The van der Waals surface area contributed by atoms with Crippen molar-refractivity contribution in [3.8, 4) is 0 Å². The van der Waals surface area contributed by atoms with Crippen LogP contribution in [0.4, 0.5) is 5.69 Å². The van der Waals surface area contributed by atoms with Crippen LogP contribution in [0, 0.1) is 0 Å². The van der Waals surface area contributed by atoms with E-state index in [1.165, 1.54) is 0 Å². The van der Waals surface area contributed by atoms with E-state index in [1.54, 1.807) is 6.20 Å². The molecule has 1 unspecified atom stereocenters. The number of nitrogens with zero attached hydrogens (tertiary/aromatic N) is 1. The minimum atomic E-state index is -0.346. The molecule has 3 heterocycles. The van der Waals surface area contributed by atoms with Gasteiger partial charge in [0, 0.05) is 29.9 Å². The first-order chi connectivity index (χ1) is 9.74. The first-order valence-electron chi connectivity index (χ1n) is 6.62. The zero-order chi connectivity index (χ0) is 13.6. The number of allylic oxidation sites excluding steroid dienone is 2. The van der Waals surface area contributed by atoms with Crippen LogP contribution in [-0.4, -0.2) is 22.4 Å². The lowest BCUT2D eigenvalue weighted by molar-refractivity contribution is 0.00283. The van der Waals surface area contributed by atoms with E-state index in [2.05, 4.69) is 22.2 Å². The Morgan fingerprint density at radius 1 is 1.35 bits per heavy atom. The molecule has 102 valence electrons. The number of pyridine rings is 1. The summed E-state index contributed by atoms with van der Waals surface area (Å²) in [4.78, 5) is 7.40. The largest absolute Gasteiger partial charge is 0.469 e. The number of fused-ring (bicyclic) bond motifs is 2. The smallest absolute Gasteiger partial charge is 0.189 e. The van der Waals surface area contributed by atoms with E-state index in [0.29, 0.717) is 6.79 Å². The SMILES string of the molecule is CC12CC(Nc3ccnc4[nH]ccc34)=CC=C1OCO2. The van der Waals surface area contributed by atoms with Crippen LogP contribution in [0.15, 0.2) is 48.1 Å². The van der Waals surface area contributed by atoms with Gasteiger partial charge in [0.05, 0.1) is 5.69 Å². The zero-order valence-corrected chi connectivity index (χ0v) is 11.1. The Bertz CT molecular complexity index is 732. The highest BCUT2D eigenvalue weighted by atomic mass is 16.7. The second-order valence-electron chi connectivity index (χ2n) is 5.26. The molecule has 2 aliphatic rings. The molecule has 5 heteroatoms. The quantitative estimate of drug-likeness (QED) is 0.880. The van der Waals surface area contributed by atoms with Crippen molar-refractivity contribution in [2.24, 2.45) is 0 Å². The fourth-order valence-corrected chi connectivity index (χ4v) is 2.74. The summed E-state index contributed by atoms with van der Waals surface area (Å²) in [6, 6.07) is 4.00. The summed E-state index contributed by atoms with van der Waals surface area (Å²) in [6.07, 6.45) is 8.49. The minimum absolute atomic E-state index is 0.334. The van der Waals surface area contributed by atoms with E-state index in [4.69, 9.17) is 9.47 Å². The van der Waals surface area contributed by atoms with Gasteiger partial charge < -0.3 is 19.8 Å². The fraction of sp³-hybridized carbons (Fsp3) is 0.267.